The van der Waals surface area contributed by atoms with E-state index < -0.39 is 5.54 Å². The maximum absolute atomic E-state index is 10.9. The number of hydrogen-bond acceptors (Lipinski definition) is 2. The monoisotopic (exact) mass is 147 g/mol. The third kappa shape index (κ3) is 0.870. The van der Waals surface area contributed by atoms with Crippen LogP contribution in [0.1, 0.15) is 12.0 Å². The van der Waals surface area contributed by atoms with Gasteiger partial charge in [-0.25, -0.2) is 0 Å². The maximum Gasteiger partial charge on any atom is 0.160 e. The van der Waals surface area contributed by atoms with Crippen LogP contribution in [-0.2, 0) is 10.3 Å². The summed E-state index contributed by atoms with van der Waals surface area (Å²) in [6.07, 6.45) is 0.497. The van der Waals surface area contributed by atoms with Gasteiger partial charge >= 0.3 is 0 Å². The molecule has 1 aromatic carbocycles. The molecule has 0 bridgehead atoms. The summed E-state index contributed by atoms with van der Waals surface area (Å²) in [5.74, 6) is 0.142. The smallest absolute Gasteiger partial charge is 0.160 e. The zero-order valence-electron chi connectivity index (χ0n) is 6.08. The van der Waals surface area contributed by atoms with Gasteiger partial charge < -0.3 is 5.73 Å². The van der Waals surface area contributed by atoms with Crippen molar-refractivity contribution in [3.63, 3.8) is 0 Å². The normalized spacial score (nSPS) is 28.6. The van der Waals surface area contributed by atoms with E-state index in [4.69, 9.17) is 5.73 Å². The molecule has 2 N–H and O–H groups in total. The summed E-state index contributed by atoms with van der Waals surface area (Å²) >= 11 is 0. The number of ketones is 1. The lowest BCUT2D eigenvalue weighted by Crippen LogP contribution is -2.21. The minimum atomic E-state index is -0.638. The van der Waals surface area contributed by atoms with Gasteiger partial charge in [-0.2, -0.15) is 0 Å². The molecular formula is C9H9NO. The zero-order chi connectivity index (χ0) is 7.90. The van der Waals surface area contributed by atoms with Crippen LogP contribution in [-0.4, -0.2) is 5.78 Å². The predicted octanol–water partition coefficient (Wildman–Crippen LogP) is 0.813. The molecule has 56 valence electrons. The second kappa shape index (κ2) is 1.92. The summed E-state index contributed by atoms with van der Waals surface area (Å²) in [6.45, 7) is 0. The molecule has 0 saturated heterocycles. The minimum Gasteiger partial charge on any atom is -0.315 e. The molecule has 1 aliphatic carbocycles. The van der Waals surface area contributed by atoms with Crippen molar-refractivity contribution in [1.82, 2.24) is 0 Å². The molecule has 1 fully saturated rings. The Morgan fingerprint density at radius 2 is 1.82 bits per heavy atom. The fourth-order valence-electron chi connectivity index (χ4n) is 1.21. The van der Waals surface area contributed by atoms with Crippen molar-refractivity contribution in [2.24, 2.45) is 5.73 Å². The number of Topliss-reactive ketones (excluding diaryl/α,β-unsaturated/α-hetero) is 1. The van der Waals surface area contributed by atoms with Crippen LogP contribution < -0.4 is 5.73 Å². The van der Waals surface area contributed by atoms with E-state index in [9.17, 15) is 4.79 Å². The van der Waals surface area contributed by atoms with Gasteiger partial charge in [0.05, 0.1) is 0 Å². The first-order chi connectivity index (χ1) is 5.23. The van der Waals surface area contributed by atoms with Crippen LogP contribution in [0.25, 0.3) is 0 Å². The summed E-state index contributed by atoms with van der Waals surface area (Å²) in [5.41, 5.74) is 6.06. The maximum atomic E-state index is 10.9. The molecule has 0 amide bonds. The lowest BCUT2D eigenvalue weighted by molar-refractivity contribution is -0.111. The highest BCUT2D eigenvalue weighted by Gasteiger charge is 2.51. The quantitative estimate of drug-likeness (QED) is 0.638. The van der Waals surface area contributed by atoms with Crippen molar-refractivity contribution >= 4 is 5.78 Å². The van der Waals surface area contributed by atoms with E-state index in [0.29, 0.717) is 6.42 Å². The molecule has 0 aliphatic heterocycles. The van der Waals surface area contributed by atoms with Crippen molar-refractivity contribution in [3.05, 3.63) is 35.9 Å². The van der Waals surface area contributed by atoms with Gasteiger partial charge in [0.1, 0.15) is 5.54 Å². The van der Waals surface area contributed by atoms with Gasteiger partial charge in [0.25, 0.3) is 0 Å². The molecule has 2 rings (SSSR count). The third-order valence-corrected chi connectivity index (χ3v) is 2.10. The van der Waals surface area contributed by atoms with Crippen LogP contribution >= 0.6 is 0 Å². The van der Waals surface area contributed by atoms with E-state index in [2.05, 4.69) is 0 Å². The lowest BCUT2D eigenvalue weighted by Gasteiger charge is -2.04. The fourth-order valence-corrected chi connectivity index (χ4v) is 1.21. The van der Waals surface area contributed by atoms with Gasteiger partial charge in [-0.05, 0) is 5.56 Å². The molecule has 0 heterocycles. The Labute approximate surface area is 65.0 Å². The van der Waals surface area contributed by atoms with Crippen LogP contribution in [0.15, 0.2) is 30.3 Å². The molecule has 0 aromatic heterocycles. The molecular weight excluding hydrogens is 138 g/mol. The molecule has 1 saturated carbocycles. The van der Waals surface area contributed by atoms with Crippen molar-refractivity contribution < 1.29 is 4.79 Å². The van der Waals surface area contributed by atoms with Crippen molar-refractivity contribution in [1.29, 1.82) is 0 Å². The van der Waals surface area contributed by atoms with Gasteiger partial charge in [0.15, 0.2) is 5.78 Å². The number of benzene rings is 1. The Bertz CT molecular complexity index is 294. The fraction of sp³-hybridized carbons (Fsp3) is 0.222. The number of rotatable bonds is 1. The highest BCUT2D eigenvalue weighted by Crippen LogP contribution is 2.37. The molecule has 1 atom stereocenters. The summed E-state index contributed by atoms with van der Waals surface area (Å²) < 4.78 is 0. The highest BCUT2D eigenvalue weighted by molar-refractivity contribution is 6.05. The summed E-state index contributed by atoms with van der Waals surface area (Å²) in [4.78, 5) is 10.9. The van der Waals surface area contributed by atoms with Crippen molar-refractivity contribution in [2.75, 3.05) is 0 Å². The minimum absolute atomic E-state index is 0.142. The highest BCUT2D eigenvalue weighted by atomic mass is 16.1. The van der Waals surface area contributed by atoms with Crippen molar-refractivity contribution in [3.8, 4) is 0 Å². The topological polar surface area (TPSA) is 43.1 Å². The van der Waals surface area contributed by atoms with Crippen molar-refractivity contribution in [2.45, 2.75) is 12.0 Å². The third-order valence-electron chi connectivity index (χ3n) is 2.10. The molecule has 1 aliphatic rings. The van der Waals surface area contributed by atoms with Crippen LogP contribution in [0.4, 0.5) is 0 Å². The number of carbonyl (C=O) groups excluding carboxylic acids is 1. The van der Waals surface area contributed by atoms with E-state index in [1.165, 1.54) is 0 Å². The first-order valence-electron chi connectivity index (χ1n) is 3.61. The molecule has 0 spiro atoms. The standard InChI is InChI=1S/C9H9NO/c10-9(6-8(9)11)7-4-2-1-3-5-7/h1-5H,6,10H2. The van der Waals surface area contributed by atoms with E-state index in [0.717, 1.165) is 5.56 Å². The second-order valence-corrected chi connectivity index (χ2v) is 2.94. The molecule has 1 aromatic rings. The van der Waals surface area contributed by atoms with Crippen LogP contribution in [0.3, 0.4) is 0 Å². The Balaban J connectivity index is 2.39. The largest absolute Gasteiger partial charge is 0.315 e. The molecule has 1 unspecified atom stereocenters. The van der Waals surface area contributed by atoms with Gasteiger partial charge in [-0.15, -0.1) is 0 Å². The average Bonchev–Trinajstić information content (AvgIpc) is 2.64. The Morgan fingerprint density at radius 3 is 2.27 bits per heavy atom. The van der Waals surface area contributed by atoms with Crippen LogP contribution in [0, 0.1) is 0 Å². The Hall–Kier alpha value is -1.15. The molecule has 11 heavy (non-hydrogen) atoms. The summed E-state index contributed by atoms with van der Waals surface area (Å²) in [7, 11) is 0. The lowest BCUT2D eigenvalue weighted by atomic mass is 10.1. The van der Waals surface area contributed by atoms with Gasteiger partial charge in [0, 0.05) is 6.42 Å². The van der Waals surface area contributed by atoms with E-state index in [1.54, 1.807) is 0 Å². The van der Waals surface area contributed by atoms with E-state index >= 15 is 0 Å². The first kappa shape index (κ1) is 6.55. The van der Waals surface area contributed by atoms with Crippen LogP contribution in [0.2, 0.25) is 0 Å². The average molecular weight is 147 g/mol. The number of carbonyl (C=O) groups is 1. The molecule has 2 heteroatoms. The zero-order valence-corrected chi connectivity index (χ0v) is 6.08. The number of nitrogens with two attached hydrogens (primary N) is 1. The van der Waals surface area contributed by atoms with E-state index in [-0.39, 0.29) is 5.78 Å². The molecule has 2 nitrogen and oxygen atoms in total. The Kier molecular flexibility index (Phi) is 1.14. The SMILES string of the molecule is NC1(c2ccccc2)CC1=O. The second-order valence-electron chi connectivity index (χ2n) is 2.94. The summed E-state index contributed by atoms with van der Waals surface area (Å²) in [5, 5.41) is 0. The van der Waals surface area contributed by atoms with E-state index in [1.807, 2.05) is 30.3 Å². The van der Waals surface area contributed by atoms with Gasteiger partial charge in [0.2, 0.25) is 0 Å². The predicted molar refractivity (Wildman–Crippen MR) is 41.9 cm³/mol. The molecule has 0 radical (unpaired) electrons. The van der Waals surface area contributed by atoms with Gasteiger partial charge in [-0.1, -0.05) is 30.3 Å². The van der Waals surface area contributed by atoms with Crippen LogP contribution in [0.5, 0.6) is 0 Å². The summed E-state index contributed by atoms with van der Waals surface area (Å²) in [6, 6.07) is 9.50. The van der Waals surface area contributed by atoms with Gasteiger partial charge in [-0.3, -0.25) is 4.79 Å². The first-order valence-corrected chi connectivity index (χ1v) is 3.61. The Morgan fingerprint density at radius 1 is 1.27 bits per heavy atom. The number of hydrogen-bond donors (Lipinski definition) is 1.